The third kappa shape index (κ3) is 2.87. The molecule has 1 heterocycles. The topological polar surface area (TPSA) is 63.3 Å². The van der Waals surface area contributed by atoms with E-state index in [1.807, 2.05) is 6.92 Å². The first-order valence-corrected chi connectivity index (χ1v) is 4.66. The van der Waals surface area contributed by atoms with Crippen LogP contribution in [0.3, 0.4) is 0 Å². The number of aromatic nitrogens is 1. The van der Waals surface area contributed by atoms with Gasteiger partial charge in [0.1, 0.15) is 12.2 Å². The van der Waals surface area contributed by atoms with E-state index in [1.165, 1.54) is 0 Å². The number of aliphatic carboxylic acids is 1. The Kier molecular flexibility index (Phi) is 3.28. The van der Waals surface area contributed by atoms with Gasteiger partial charge < -0.3 is 9.52 Å². The summed E-state index contributed by atoms with van der Waals surface area (Å²) < 4.78 is 5.23. The third-order valence-corrected chi connectivity index (χ3v) is 1.84. The molecule has 0 saturated heterocycles. The van der Waals surface area contributed by atoms with E-state index >= 15 is 0 Å². The molecule has 0 spiro atoms. The molecular weight excluding hydrogens is 182 g/mol. The summed E-state index contributed by atoms with van der Waals surface area (Å²) in [5.74, 6) is 0.611. The molecule has 1 aromatic rings. The highest BCUT2D eigenvalue weighted by Crippen LogP contribution is 2.14. The minimum absolute atomic E-state index is 0.140. The lowest BCUT2D eigenvalue weighted by Gasteiger charge is -1.99. The van der Waals surface area contributed by atoms with Gasteiger partial charge in [-0.1, -0.05) is 13.8 Å². The van der Waals surface area contributed by atoms with E-state index in [0.29, 0.717) is 11.8 Å². The summed E-state index contributed by atoms with van der Waals surface area (Å²) >= 11 is 0. The number of nitrogens with zero attached hydrogens (tertiary/aromatic N) is 1. The van der Waals surface area contributed by atoms with Gasteiger partial charge in [-0.3, -0.25) is 4.79 Å². The van der Waals surface area contributed by atoms with Crippen LogP contribution < -0.4 is 0 Å². The van der Waals surface area contributed by atoms with Crippen molar-refractivity contribution in [2.24, 2.45) is 5.92 Å². The summed E-state index contributed by atoms with van der Waals surface area (Å²) in [7, 11) is 0. The zero-order valence-corrected chi connectivity index (χ0v) is 8.70. The van der Waals surface area contributed by atoms with E-state index < -0.39 is 5.97 Å². The fourth-order valence-electron chi connectivity index (χ4n) is 1.27. The first-order valence-electron chi connectivity index (χ1n) is 4.66. The number of carbonyl (C=O) groups is 1. The maximum Gasteiger partial charge on any atom is 0.312 e. The van der Waals surface area contributed by atoms with Gasteiger partial charge in [-0.25, -0.2) is 4.98 Å². The van der Waals surface area contributed by atoms with Crippen LogP contribution in [-0.2, 0) is 17.6 Å². The molecule has 0 aliphatic heterocycles. The first kappa shape index (κ1) is 10.8. The van der Waals surface area contributed by atoms with Gasteiger partial charge in [0.15, 0.2) is 0 Å². The summed E-state index contributed by atoms with van der Waals surface area (Å²) in [6, 6.07) is 0. The number of carboxylic acid groups (broad SMARTS) is 1. The van der Waals surface area contributed by atoms with Gasteiger partial charge in [-0.15, -0.1) is 0 Å². The summed E-state index contributed by atoms with van der Waals surface area (Å²) in [6.07, 6.45) is 0.688. The Hall–Kier alpha value is -1.32. The highest BCUT2D eigenvalue weighted by atomic mass is 16.4. The zero-order valence-electron chi connectivity index (χ0n) is 8.70. The molecule has 1 rings (SSSR count). The zero-order chi connectivity index (χ0) is 10.7. The predicted octanol–water partition coefficient (Wildman–Crippen LogP) is 1.81. The van der Waals surface area contributed by atoms with Crippen LogP contribution in [-0.4, -0.2) is 16.1 Å². The first-order chi connectivity index (χ1) is 6.49. The average Bonchev–Trinajstić information content (AvgIpc) is 2.28. The summed E-state index contributed by atoms with van der Waals surface area (Å²) in [4.78, 5) is 14.6. The van der Waals surface area contributed by atoms with Gasteiger partial charge in [0.05, 0.1) is 5.69 Å². The summed E-state index contributed by atoms with van der Waals surface area (Å²) in [5, 5.41) is 8.55. The van der Waals surface area contributed by atoms with E-state index in [-0.39, 0.29) is 6.42 Å². The van der Waals surface area contributed by atoms with Crippen LogP contribution in [0.2, 0.25) is 0 Å². The van der Waals surface area contributed by atoms with E-state index in [9.17, 15) is 4.79 Å². The van der Waals surface area contributed by atoms with Gasteiger partial charge >= 0.3 is 5.97 Å². The molecular formula is C10H15NO3. The highest BCUT2D eigenvalue weighted by Gasteiger charge is 2.12. The van der Waals surface area contributed by atoms with Crippen molar-refractivity contribution in [1.82, 2.24) is 4.98 Å². The van der Waals surface area contributed by atoms with Crippen LogP contribution >= 0.6 is 0 Å². The lowest BCUT2D eigenvalue weighted by Crippen LogP contribution is -2.01. The minimum atomic E-state index is -0.914. The number of hydrogen-bond donors (Lipinski definition) is 1. The number of hydrogen-bond acceptors (Lipinski definition) is 3. The second-order valence-corrected chi connectivity index (χ2v) is 3.78. The van der Waals surface area contributed by atoms with Crippen LogP contribution in [0.1, 0.15) is 31.2 Å². The second kappa shape index (κ2) is 4.26. The van der Waals surface area contributed by atoms with Crippen LogP contribution in [0.5, 0.6) is 0 Å². The average molecular weight is 197 g/mol. The molecule has 0 saturated carbocycles. The highest BCUT2D eigenvalue weighted by molar-refractivity contribution is 5.68. The van der Waals surface area contributed by atoms with E-state index in [4.69, 9.17) is 9.52 Å². The molecule has 0 amide bonds. The van der Waals surface area contributed by atoms with Crippen LogP contribution in [0.25, 0.3) is 0 Å². The second-order valence-electron chi connectivity index (χ2n) is 3.78. The van der Waals surface area contributed by atoms with Crippen molar-refractivity contribution in [3.05, 3.63) is 17.3 Å². The van der Waals surface area contributed by atoms with E-state index in [0.717, 1.165) is 17.9 Å². The van der Waals surface area contributed by atoms with Crippen LogP contribution in [0.4, 0.5) is 0 Å². The van der Waals surface area contributed by atoms with Crippen molar-refractivity contribution in [3.8, 4) is 0 Å². The molecule has 78 valence electrons. The smallest absolute Gasteiger partial charge is 0.312 e. The van der Waals surface area contributed by atoms with Crippen molar-refractivity contribution in [3.63, 3.8) is 0 Å². The molecule has 0 unspecified atom stereocenters. The maximum atomic E-state index is 10.4. The van der Waals surface area contributed by atoms with Gasteiger partial charge in [0.2, 0.25) is 5.89 Å². The lowest BCUT2D eigenvalue weighted by atomic mass is 10.1. The standard InChI is InChI=1S/C10H15NO3/c1-6(2)4-8-7(3)14-9(11-8)5-10(12)13/h6H,4-5H2,1-3H3,(H,12,13). The predicted molar refractivity (Wildman–Crippen MR) is 51.1 cm³/mol. The Balaban J connectivity index is 2.76. The van der Waals surface area contributed by atoms with Crippen molar-refractivity contribution < 1.29 is 14.3 Å². The molecule has 4 heteroatoms. The lowest BCUT2D eigenvalue weighted by molar-refractivity contribution is -0.136. The molecule has 0 bridgehead atoms. The number of aryl methyl sites for hydroxylation is 1. The Morgan fingerprint density at radius 2 is 2.21 bits per heavy atom. The van der Waals surface area contributed by atoms with Gasteiger partial charge in [-0.05, 0) is 19.3 Å². The molecule has 0 aliphatic carbocycles. The Morgan fingerprint density at radius 1 is 1.57 bits per heavy atom. The molecule has 0 radical (unpaired) electrons. The Morgan fingerprint density at radius 3 is 2.71 bits per heavy atom. The molecule has 1 aromatic heterocycles. The summed E-state index contributed by atoms with van der Waals surface area (Å²) in [6.45, 7) is 5.99. The fourth-order valence-corrected chi connectivity index (χ4v) is 1.27. The molecule has 0 aliphatic rings. The molecule has 0 aromatic carbocycles. The quantitative estimate of drug-likeness (QED) is 0.799. The third-order valence-electron chi connectivity index (χ3n) is 1.84. The number of oxazole rings is 1. The van der Waals surface area contributed by atoms with Gasteiger partial charge in [-0.2, -0.15) is 0 Å². The normalized spacial score (nSPS) is 10.9. The van der Waals surface area contributed by atoms with E-state index in [2.05, 4.69) is 18.8 Å². The largest absolute Gasteiger partial charge is 0.481 e. The molecule has 1 N–H and O–H groups in total. The van der Waals surface area contributed by atoms with Crippen molar-refractivity contribution >= 4 is 5.97 Å². The molecule has 0 atom stereocenters. The molecule has 0 fully saturated rings. The Bertz CT molecular complexity index is 328. The van der Waals surface area contributed by atoms with Crippen LogP contribution in [0.15, 0.2) is 4.42 Å². The van der Waals surface area contributed by atoms with Crippen molar-refractivity contribution in [2.45, 2.75) is 33.6 Å². The molecule has 14 heavy (non-hydrogen) atoms. The van der Waals surface area contributed by atoms with Crippen molar-refractivity contribution in [1.29, 1.82) is 0 Å². The maximum absolute atomic E-state index is 10.4. The molecule has 4 nitrogen and oxygen atoms in total. The van der Waals surface area contributed by atoms with Crippen LogP contribution in [0, 0.1) is 12.8 Å². The van der Waals surface area contributed by atoms with Gasteiger partial charge in [0.25, 0.3) is 0 Å². The fraction of sp³-hybridized carbons (Fsp3) is 0.600. The van der Waals surface area contributed by atoms with Crippen molar-refractivity contribution in [2.75, 3.05) is 0 Å². The number of carboxylic acids is 1. The van der Waals surface area contributed by atoms with E-state index in [1.54, 1.807) is 0 Å². The summed E-state index contributed by atoms with van der Waals surface area (Å²) in [5.41, 5.74) is 0.872. The monoisotopic (exact) mass is 197 g/mol. The SMILES string of the molecule is Cc1oc(CC(=O)O)nc1CC(C)C. The Labute approximate surface area is 83.0 Å². The minimum Gasteiger partial charge on any atom is -0.481 e. The van der Waals surface area contributed by atoms with Gasteiger partial charge in [0, 0.05) is 0 Å². The number of rotatable bonds is 4.